The predicted octanol–water partition coefficient (Wildman–Crippen LogP) is 14.1. The molecule has 7 aromatic carbocycles. The fourth-order valence-corrected chi connectivity index (χ4v) is 10.8. The molecule has 1 aliphatic carbocycles. The average Bonchev–Trinajstić information content (AvgIpc) is 3.65. The van der Waals surface area contributed by atoms with Gasteiger partial charge in [-0.2, -0.15) is 0 Å². The van der Waals surface area contributed by atoms with Crippen LogP contribution in [0.15, 0.2) is 189 Å². The highest BCUT2D eigenvalue weighted by atomic mass is 32.2. The van der Waals surface area contributed by atoms with E-state index in [1.165, 1.54) is 69.2 Å². The van der Waals surface area contributed by atoms with E-state index in [2.05, 4.69) is 188 Å². The zero-order valence-electron chi connectivity index (χ0n) is 29.9. The molecule has 0 atom stereocenters. The van der Waals surface area contributed by atoms with E-state index in [-0.39, 0.29) is 5.41 Å². The van der Waals surface area contributed by atoms with Gasteiger partial charge in [0.25, 0.3) is 0 Å². The van der Waals surface area contributed by atoms with Crippen LogP contribution in [0.1, 0.15) is 25.0 Å². The van der Waals surface area contributed by atoms with E-state index in [1.807, 2.05) is 23.5 Å². The van der Waals surface area contributed by atoms with Crippen LogP contribution in [0.3, 0.4) is 0 Å². The number of fused-ring (bicyclic) bond motifs is 8. The van der Waals surface area contributed by atoms with Gasteiger partial charge in [0.1, 0.15) is 0 Å². The van der Waals surface area contributed by atoms with E-state index in [9.17, 15) is 0 Å². The summed E-state index contributed by atoms with van der Waals surface area (Å²) in [6.45, 7) is 4.74. The lowest BCUT2D eigenvalue weighted by molar-refractivity contribution is 0.661. The Labute approximate surface area is 323 Å². The lowest BCUT2D eigenvalue weighted by Crippen LogP contribution is -2.14. The average molecular weight is 727 g/mol. The highest BCUT2D eigenvalue weighted by molar-refractivity contribution is 8.05. The first-order chi connectivity index (χ1) is 26.5. The minimum atomic E-state index is -0.106. The molecular weight excluding hydrogens is 693 g/mol. The molecule has 2 nitrogen and oxygen atoms in total. The third-order valence-corrected chi connectivity index (χ3v) is 13.8. The van der Waals surface area contributed by atoms with Gasteiger partial charge in [-0.15, -0.1) is 0 Å². The third-order valence-electron chi connectivity index (χ3n) is 11.2. The summed E-state index contributed by atoms with van der Waals surface area (Å²) < 4.78 is 2.50. The summed E-state index contributed by atoms with van der Waals surface area (Å²) in [5.41, 5.74) is 15.4. The van der Waals surface area contributed by atoms with Crippen LogP contribution in [-0.2, 0) is 5.41 Å². The molecule has 54 heavy (non-hydrogen) atoms. The van der Waals surface area contributed by atoms with Crippen molar-refractivity contribution in [3.8, 4) is 50.5 Å². The van der Waals surface area contributed by atoms with Crippen molar-refractivity contribution < 1.29 is 0 Å². The van der Waals surface area contributed by atoms with Crippen LogP contribution in [0, 0.1) is 0 Å². The molecule has 0 saturated carbocycles. The molecule has 0 N–H and O–H groups in total. The third kappa shape index (κ3) is 4.94. The summed E-state index contributed by atoms with van der Waals surface area (Å²) >= 11 is 3.76. The fraction of sp³-hybridized carbons (Fsp3) is 0.0600. The molecule has 0 spiro atoms. The van der Waals surface area contributed by atoms with Crippen LogP contribution in [-0.4, -0.2) is 9.55 Å². The number of benzene rings is 7. The Morgan fingerprint density at radius 3 is 1.78 bits per heavy atom. The Balaban J connectivity index is 1.15. The number of nitrogens with zero attached hydrogens (tertiary/aromatic N) is 2. The van der Waals surface area contributed by atoms with Crippen molar-refractivity contribution in [1.82, 2.24) is 9.55 Å². The van der Waals surface area contributed by atoms with Gasteiger partial charge in [-0.3, -0.25) is 0 Å². The molecule has 0 saturated heterocycles. The first kappa shape index (κ1) is 31.7. The second kappa shape index (κ2) is 12.1. The number of rotatable bonds is 4. The van der Waals surface area contributed by atoms with Crippen LogP contribution in [0.25, 0.3) is 72.3 Å². The van der Waals surface area contributed by atoms with Gasteiger partial charge in [-0.05, 0) is 94.0 Å². The van der Waals surface area contributed by atoms with E-state index in [4.69, 9.17) is 4.98 Å². The summed E-state index contributed by atoms with van der Waals surface area (Å²) in [5.74, 6) is 0. The summed E-state index contributed by atoms with van der Waals surface area (Å²) in [7, 11) is 0. The van der Waals surface area contributed by atoms with Crippen LogP contribution in [0.4, 0.5) is 0 Å². The zero-order valence-corrected chi connectivity index (χ0v) is 31.5. The van der Waals surface area contributed by atoms with Crippen molar-refractivity contribution in [2.75, 3.05) is 0 Å². The SMILES string of the molecule is CC1(C)c2ccccc2-c2cc3c4cc5c(cc4n(-c4cccc(-c6cc(-c7ccccc7)cc(-c7ccccc7)n6)c4)c3cc21)Sc1ccccc1S5. The molecule has 0 fully saturated rings. The van der Waals surface area contributed by atoms with Gasteiger partial charge in [0.15, 0.2) is 0 Å². The molecule has 4 heteroatoms. The van der Waals surface area contributed by atoms with Gasteiger partial charge < -0.3 is 4.57 Å². The molecule has 11 rings (SSSR count). The number of pyridine rings is 1. The Hall–Kier alpha value is -5.81. The van der Waals surface area contributed by atoms with Gasteiger partial charge in [0.2, 0.25) is 0 Å². The molecule has 0 amide bonds. The second-order valence-electron chi connectivity index (χ2n) is 14.8. The quantitative estimate of drug-likeness (QED) is 0.180. The maximum absolute atomic E-state index is 5.30. The van der Waals surface area contributed by atoms with Crippen LogP contribution < -0.4 is 0 Å². The van der Waals surface area contributed by atoms with E-state index < -0.39 is 0 Å². The number of aromatic nitrogens is 2. The van der Waals surface area contributed by atoms with E-state index in [1.54, 1.807) is 0 Å². The molecule has 2 aliphatic rings. The van der Waals surface area contributed by atoms with Gasteiger partial charge in [0, 0.05) is 52.6 Å². The van der Waals surface area contributed by atoms with Crippen molar-refractivity contribution in [3.63, 3.8) is 0 Å². The molecule has 0 unspecified atom stereocenters. The fourth-order valence-electron chi connectivity index (χ4n) is 8.55. The van der Waals surface area contributed by atoms with Crippen LogP contribution in [0.5, 0.6) is 0 Å². The van der Waals surface area contributed by atoms with Gasteiger partial charge in [0.05, 0.1) is 22.4 Å². The normalized spacial score (nSPS) is 13.7. The van der Waals surface area contributed by atoms with Crippen LogP contribution in [0.2, 0.25) is 0 Å². The van der Waals surface area contributed by atoms with Gasteiger partial charge in [-0.1, -0.05) is 147 Å². The van der Waals surface area contributed by atoms with E-state index in [0.717, 1.165) is 33.8 Å². The molecule has 1 aliphatic heterocycles. The van der Waals surface area contributed by atoms with Crippen molar-refractivity contribution in [3.05, 3.63) is 181 Å². The Kier molecular flexibility index (Phi) is 7.11. The molecule has 256 valence electrons. The number of hydrogen-bond donors (Lipinski definition) is 0. The monoisotopic (exact) mass is 726 g/mol. The minimum Gasteiger partial charge on any atom is -0.309 e. The largest absolute Gasteiger partial charge is 0.309 e. The first-order valence-electron chi connectivity index (χ1n) is 18.4. The van der Waals surface area contributed by atoms with Crippen molar-refractivity contribution in [2.24, 2.45) is 0 Å². The van der Waals surface area contributed by atoms with E-state index >= 15 is 0 Å². The highest BCUT2D eigenvalue weighted by Crippen LogP contribution is 2.53. The molecule has 3 heterocycles. The second-order valence-corrected chi connectivity index (χ2v) is 17.0. The smallest absolute Gasteiger partial charge is 0.0716 e. The molecular formula is C50H34N2S2. The van der Waals surface area contributed by atoms with Crippen molar-refractivity contribution in [1.29, 1.82) is 0 Å². The standard InChI is InChI=1S/C50H34N2S2/c1-50(2)40-21-10-9-20-36(40)37-27-38-39-28-48-49(54-47-23-12-11-22-46(47)53-48)30-45(39)52(44(38)29-41(37)50)35-19-13-18-33(24-35)43-26-34(31-14-5-3-6-15-31)25-42(51-43)32-16-7-4-8-17-32/h3-30H,1-2H3. The zero-order chi connectivity index (χ0) is 36.0. The molecule has 2 aromatic heterocycles. The van der Waals surface area contributed by atoms with Crippen molar-refractivity contribution >= 4 is 45.3 Å². The summed E-state index contributed by atoms with van der Waals surface area (Å²) in [5, 5.41) is 2.56. The Bertz CT molecular complexity index is 2900. The van der Waals surface area contributed by atoms with Gasteiger partial charge in [-0.25, -0.2) is 4.98 Å². The minimum absolute atomic E-state index is 0.106. The maximum Gasteiger partial charge on any atom is 0.0716 e. The Morgan fingerprint density at radius 1 is 0.426 bits per heavy atom. The maximum atomic E-state index is 5.30. The topological polar surface area (TPSA) is 17.8 Å². The Morgan fingerprint density at radius 2 is 1.02 bits per heavy atom. The predicted molar refractivity (Wildman–Crippen MR) is 227 cm³/mol. The summed E-state index contributed by atoms with van der Waals surface area (Å²) in [6.07, 6.45) is 0. The first-order valence-corrected chi connectivity index (χ1v) is 20.1. The van der Waals surface area contributed by atoms with Crippen LogP contribution >= 0.6 is 23.5 Å². The lowest BCUT2D eigenvalue weighted by atomic mass is 9.82. The number of hydrogen-bond acceptors (Lipinski definition) is 3. The lowest BCUT2D eigenvalue weighted by Gasteiger charge is -2.21. The summed E-state index contributed by atoms with van der Waals surface area (Å²) in [6, 6.07) is 62.1. The molecule has 0 bridgehead atoms. The summed E-state index contributed by atoms with van der Waals surface area (Å²) in [4.78, 5) is 10.6. The molecule has 9 aromatic rings. The molecule has 0 radical (unpaired) electrons. The van der Waals surface area contributed by atoms with Crippen molar-refractivity contribution in [2.45, 2.75) is 38.8 Å². The highest BCUT2D eigenvalue weighted by Gasteiger charge is 2.36. The van der Waals surface area contributed by atoms with Gasteiger partial charge >= 0.3 is 0 Å². The van der Waals surface area contributed by atoms with E-state index in [0.29, 0.717) is 0 Å².